The van der Waals surface area contributed by atoms with Gasteiger partial charge in [-0.25, -0.2) is 4.98 Å². The molecule has 132 valence electrons. The maximum absolute atomic E-state index is 12.9. The molecule has 2 saturated heterocycles. The lowest BCUT2D eigenvalue weighted by molar-refractivity contribution is -0.167. The highest BCUT2D eigenvalue weighted by atomic mass is 32.1. The third kappa shape index (κ3) is 3.25. The molecule has 2 aliphatic heterocycles. The minimum Gasteiger partial charge on any atom is -0.341 e. The SMILES string of the molecule is Cc1nc(CN2CCC[C@]3(C2)CN(CC2CCCCC2)C3=O)cs1. The maximum Gasteiger partial charge on any atom is 0.231 e. The lowest BCUT2D eigenvalue weighted by Gasteiger charge is -2.54. The average molecular weight is 348 g/mol. The van der Waals surface area contributed by atoms with E-state index in [-0.39, 0.29) is 5.41 Å². The van der Waals surface area contributed by atoms with E-state index in [2.05, 4.69) is 27.1 Å². The monoisotopic (exact) mass is 347 g/mol. The zero-order valence-corrected chi connectivity index (χ0v) is 15.6. The van der Waals surface area contributed by atoms with E-state index in [4.69, 9.17) is 0 Å². The number of carbonyl (C=O) groups is 1. The van der Waals surface area contributed by atoms with Gasteiger partial charge in [0.25, 0.3) is 0 Å². The summed E-state index contributed by atoms with van der Waals surface area (Å²) >= 11 is 1.72. The van der Waals surface area contributed by atoms with Crippen molar-refractivity contribution in [3.05, 3.63) is 16.1 Å². The summed E-state index contributed by atoms with van der Waals surface area (Å²) in [6.07, 6.45) is 8.99. The van der Waals surface area contributed by atoms with Crippen LogP contribution in [0.1, 0.15) is 55.6 Å². The summed E-state index contributed by atoms with van der Waals surface area (Å²) in [7, 11) is 0. The Morgan fingerprint density at radius 1 is 1.25 bits per heavy atom. The second-order valence-corrected chi connectivity index (χ2v) is 9.20. The van der Waals surface area contributed by atoms with Crippen LogP contribution in [-0.4, -0.2) is 46.9 Å². The van der Waals surface area contributed by atoms with Crippen LogP contribution in [0.4, 0.5) is 0 Å². The number of carbonyl (C=O) groups excluding carboxylic acids is 1. The average Bonchev–Trinajstić information content (AvgIpc) is 3.00. The minimum absolute atomic E-state index is 0.0714. The topological polar surface area (TPSA) is 36.4 Å². The van der Waals surface area contributed by atoms with Gasteiger partial charge in [0, 0.05) is 31.6 Å². The molecule has 0 unspecified atom stereocenters. The molecule has 1 spiro atoms. The van der Waals surface area contributed by atoms with Crippen LogP contribution in [0, 0.1) is 18.3 Å². The number of thiazole rings is 1. The highest BCUT2D eigenvalue weighted by Gasteiger charge is 2.53. The first-order valence-corrected chi connectivity index (χ1v) is 10.5. The molecular weight excluding hydrogens is 318 g/mol. The second kappa shape index (κ2) is 6.75. The van der Waals surface area contributed by atoms with Gasteiger partial charge in [0.1, 0.15) is 0 Å². The smallest absolute Gasteiger partial charge is 0.231 e. The first-order chi connectivity index (χ1) is 11.6. The Hall–Kier alpha value is -0.940. The summed E-state index contributed by atoms with van der Waals surface area (Å²) in [5.74, 6) is 1.20. The molecule has 0 aromatic carbocycles. The van der Waals surface area contributed by atoms with E-state index in [0.29, 0.717) is 5.91 Å². The molecule has 1 atom stereocenters. The van der Waals surface area contributed by atoms with Crippen LogP contribution in [-0.2, 0) is 11.3 Å². The summed E-state index contributed by atoms with van der Waals surface area (Å²) in [6, 6.07) is 0. The van der Waals surface area contributed by atoms with Crippen LogP contribution in [0.2, 0.25) is 0 Å². The number of β-lactam (4-membered cyclic amide) rings is 1. The van der Waals surface area contributed by atoms with E-state index in [1.54, 1.807) is 11.3 Å². The van der Waals surface area contributed by atoms with Crippen molar-refractivity contribution in [3.8, 4) is 0 Å². The van der Waals surface area contributed by atoms with Crippen LogP contribution in [0.25, 0.3) is 0 Å². The molecular formula is C19H29N3OS. The fourth-order valence-electron chi connectivity index (χ4n) is 4.95. The van der Waals surface area contributed by atoms with Gasteiger partial charge in [0.05, 0.1) is 16.1 Å². The molecule has 3 aliphatic rings. The summed E-state index contributed by atoms with van der Waals surface area (Å²) < 4.78 is 0. The number of hydrogen-bond acceptors (Lipinski definition) is 4. The summed E-state index contributed by atoms with van der Waals surface area (Å²) in [5.41, 5.74) is 1.10. The number of aryl methyl sites for hydroxylation is 1. The molecule has 5 heteroatoms. The van der Waals surface area contributed by atoms with Crippen molar-refractivity contribution in [1.29, 1.82) is 0 Å². The molecule has 1 amide bonds. The minimum atomic E-state index is -0.0714. The number of rotatable bonds is 4. The molecule has 1 aromatic heterocycles. The molecule has 1 saturated carbocycles. The fraction of sp³-hybridized carbons (Fsp3) is 0.789. The number of nitrogens with zero attached hydrogens (tertiary/aromatic N) is 3. The Labute approximate surface area is 149 Å². The van der Waals surface area contributed by atoms with E-state index >= 15 is 0 Å². The van der Waals surface area contributed by atoms with Crippen molar-refractivity contribution < 1.29 is 4.79 Å². The Morgan fingerprint density at radius 2 is 2.08 bits per heavy atom. The third-order valence-electron chi connectivity index (χ3n) is 6.15. The van der Waals surface area contributed by atoms with Gasteiger partial charge in [-0.2, -0.15) is 0 Å². The van der Waals surface area contributed by atoms with Gasteiger partial charge in [-0.3, -0.25) is 9.69 Å². The molecule has 0 bridgehead atoms. The van der Waals surface area contributed by atoms with Crippen LogP contribution < -0.4 is 0 Å². The number of piperidine rings is 1. The summed E-state index contributed by atoms with van der Waals surface area (Å²) in [5, 5.41) is 3.30. The van der Waals surface area contributed by atoms with E-state index in [1.807, 2.05) is 0 Å². The van der Waals surface area contributed by atoms with Crippen molar-refractivity contribution in [2.75, 3.05) is 26.2 Å². The first-order valence-electron chi connectivity index (χ1n) is 9.57. The number of amides is 1. The number of hydrogen-bond donors (Lipinski definition) is 0. The van der Waals surface area contributed by atoms with Gasteiger partial charge < -0.3 is 4.90 Å². The predicted molar refractivity (Wildman–Crippen MR) is 97.0 cm³/mol. The highest BCUT2D eigenvalue weighted by Crippen LogP contribution is 2.41. The van der Waals surface area contributed by atoms with E-state index in [1.165, 1.54) is 37.8 Å². The standard InChI is InChI=1S/C19H29N3OS/c1-15-20-17(12-24-15)11-21-9-5-8-19(13-21)14-22(18(19)23)10-16-6-3-2-4-7-16/h12,16H,2-11,13-14H2,1H3/t19-/m0/s1. The van der Waals surface area contributed by atoms with E-state index in [9.17, 15) is 4.79 Å². The van der Waals surface area contributed by atoms with Gasteiger partial charge in [0.2, 0.25) is 5.91 Å². The summed E-state index contributed by atoms with van der Waals surface area (Å²) in [6.45, 7) is 7.02. The number of aromatic nitrogens is 1. The molecule has 1 aliphatic carbocycles. The van der Waals surface area contributed by atoms with Crippen LogP contribution in [0.3, 0.4) is 0 Å². The van der Waals surface area contributed by atoms with E-state index in [0.717, 1.165) is 56.5 Å². The van der Waals surface area contributed by atoms with Crippen LogP contribution in [0.5, 0.6) is 0 Å². The van der Waals surface area contributed by atoms with Crippen LogP contribution >= 0.6 is 11.3 Å². The third-order valence-corrected chi connectivity index (χ3v) is 6.97. The fourth-order valence-corrected chi connectivity index (χ4v) is 5.56. The Morgan fingerprint density at radius 3 is 2.79 bits per heavy atom. The molecule has 4 nitrogen and oxygen atoms in total. The van der Waals surface area contributed by atoms with Crippen molar-refractivity contribution in [2.45, 2.75) is 58.4 Å². The van der Waals surface area contributed by atoms with Gasteiger partial charge in [-0.05, 0) is 45.1 Å². The highest BCUT2D eigenvalue weighted by molar-refractivity contribution is 7.09. The largest absolute Gasteiger partial charge is 0.341 e. The second-order valence-electron chi connectivity index (χ2n) is 8.14. The first kappa shape index (κ1) is 16.5. The molecule has 4 rings (SSSR count). The molecule has 1 aromatic rings. The maximum atomic E-state index is 12.9. The normalized spacial score (nSPS) is 29.2. The van der Waals surface area contributed by atoms with Crippen molar-refractivity contribution in [2.24, 2.45) is 11.3 Å². The molecule has 24 heavy (non-hydrogen) atoms. The zero-order valence-electron chi connectivity index (χ0n) is 14.8. The van der Waals surface area contributed by atoms with Gasteiger partial charge >= 0.3 is 0 Å². The van der Waals surface area contributed by atoms with Crippen molar-refractivity contribution in [1.82, 2.24) is 14.8 Å². The Bertz CT molecular complexity index is 595. The summed E-state index contributed by atoms with van der Waals surface area (Å²) in [4.78, 5) is 22.1. The van der Waals surface area contributed by atoms with Crippen LogP contribution in [0.15, 0.2) is 5.38 Å². The predicted octanol–water partition coefficient (Wildman–Crippen LogP) is 3.46. The number of likely N-dealkylation sites (tertiary alicyclic amines) is 2. The lowest BCUT2D eigenvalue weighted by Crippen LogP contribution is -2.67. The van der Waals surface area contributed by atoms with Gasteiger partial charge in [-0.15, -0.1) is 11.3 Å². The van der Waals surface area contributed by atoms with Crippen molar-refractivity contribution >= 4 is 17.2 Å². The Kier molecular flexibility index (Phi) is 4.65. The Balaban J connectivity index is 1.33. The van der Waals surface area contributed by atoms with Gasteiger partial charge in [-0.1, -0.05) is 19.3 Å². The molecule has 3 heterocycles. The van der Waals surface area contributed by atoms with Gasteiger partial charge in [0.15, 0.2) is 0 Å². The quantitative estimate of drug-likeness (QED) is 0.783. The lowest BCUT2D eigenvalue weighted by atomic mass is 9.71. The molecule has 0 radical (unpaired) electrons. The molecule has 0 N–H and O–H groups in total. The van der Waals surface area contributed by atoms with E-state index < -0.39 is 0 Å². The zero-order chi connectivity index (χ0) is 16.6. The van der Waals surface area contributed by atoms with Crippen molar-refractivity contribution in [3.63, 3.8) is 0 Å². The molecule has 3 fully saturated rings.